The third-order valence-electron chi connectivity index (χ3n) is 17.6. The van der Waals surface area contributed by atoms with Crippen LogP contribution in [0.25, 0.3) is 0 Å². The summed E-state index contributed by atoms with van der Waals surface area (Å²) in [5, 5.41) is 152. The largest absolute Gasteiger partial charge is 0.460 e. The number of hydrogen-bond acceptors (Lipinski definition) is 26. The first kappa shape index (κ1) is 63.5. The summed E-state index contributed by atoms with van der Waals surface area (Å²) >= 11 is 0. The Labute approximate surface area is 462 Å². The maximum Gasteiger partial charge on any atom is 0.330 e. The minimum Gasteiger partial charge on any atom is -0.460 e. The third kappa shape index (κ3) is 15.1. The molecule has 0 aromatic rings. The minimum absolute atomic E-state index is 0.0217. The van der Waals surface area contributed by atoms with Gasteiger partial charge in [-0.1, -0.05) is 12.2 Å². The summed E-state index contributed by atoms with van der Waals surface area (Å²) in [5.41, 5.74) is 0. The van der Waals surface area contributed by atoms with Gasteiger partial charge in [0.25, 0.3) is 0 Å². The molecule has 4 aliphatic heterocycles. The number of methoxy groups -OCH3 is 2. The summed E-state index contributed by atoms with van der Waals surface area (Å²) in [6, 6.07) is 0. The van der Waals surface area contributed by atoms with E-state index in [4.69, 9.17) is 52.1 Å². The molecule has 0 spiro atoms. The lowest BCUT2D eigenvalue weighted by Gasteiger charge is -2.51. The first-order valence-electron chi connectivity index (χ1n) is 28.0. The number of fused-ring (bicyclic) bond motifs is 1. The van der Waals surface area contributed by atoms with Crippen LogP contribution in [0.5, 0.6) is 0 Å². The van der Waals surface area contributed by atoms with Crippen molar-refractivity contribution in [1.82, 2.24) is 0 Å². The maximum atomic E-state index is 13.2. The van der Waals surface area contributed by atoms with Gasteiger partial charge in [0.15, 0.2) is 31.1 Å². The minimum atomic E-state index is -2.04. The van der Waals surface area contributed by atoms with Crippen LogP contribution in [-0.4, -0.2) is 281 Å². The quantitative estimate of drug-likeness (QED) is 0.0346. The fourth-order valence-corrected chi connectivity index (χ4v) is 12.8. The highest BCUT2D eigenvalue weighted by atomic mass is 16.8. The van der Waals surface area contributed by atoms with Crippen LogP contribution in [0.1, 0.15) is 77.0 Å². The van der Waals surface area contributed by atoms with Gasteiger partial charge in [-0.2, -0.15) is 0 Å². The first-order valence-corrected chi connectivity index (χ1v) is 28.0. The fourth-order valence-electron chi connectivity index (χ4n) is 12.8. The molecule has 8 aliphatic rings. The lowest BCUT2D eigenvalue weighted by atomic mass is 9.72. The second-order valence-corrected chi connectivity index (χ2v) is 22.9. The topological polar surface area (TPSA) is 422 Å². The van der Waals surface area contributed by atoms with Gasteiger partial charge in [-0.25, -0.2) is 9.59 Å². The van der Waals surface area contributed by atoms with Crippen molar-refractivity contribution in [2.24, 2.45) is 23.7 Å². The van der Waals surface area contributed by atoms with Crippen LogP contribution in [0.3, 0.4) is 0 Å². The molecule has 4 saturated heterocycles. The van der Waals surface area contributed by atoms with Gasteiger partial charge in [0.2, 0.25) is 0 Å². The highest BCUT2D eigenvalue weighted by Gasteiger charge is 2.58. The standard InChI is InChI=1S/C53H84O27/c1-70-33-14-23(4-9-28(33)57)6-12-40(61)73-21-38-43(64)46(67)50(80-52-48(69)45(66)42(63)37(78-52)20-72-39(60)11-5-22-3-8-27(56)30(59)13-22)53(79-38)76-35-18-26-31(74-49(35)24-7-10-29(58)34(15-24)71-2)16-25(55)17-32(26)75-51-47(68)44(65)41(62)36(19-54)77-51/h5-6,11-12,22-38,41-59,62-69H,3-4,7-10,13-21H2,1-2H3/p+1/t22?,23?,24?,25?,26?,27?,28?,29?,30?,31?,32?,33?,34?,35?,36-,37-,38-,41-,42-,43-,44+,45+,46+,47-,48-,49?,50-,51-,52+,53-/m1/s1. The Balaban J connectivity index is 1.05. The van der Waals surface area contributed by atoms with Gasteiger partial charge in [0, 0.05) is 45.1 Å². The molecule has 80 heavy (non-hydrogen) atoms. The Morgan fingerprint density at radius 2 is 1.00 bits per heavy atom. The van der Waals surface area contributed by atoms with Gasteiger partial charge in [-0.15, -0.1) is 0 Å². The molecular weight excluding hydrogens is 1070 g/mol. The molecule has 8 fully saturated rings. The van der Waals surface area contributed by atoms with E-state index >= 15 is 0 Å². The molecule has 27 heteroatoms. The molecule has 15 N–H and O–H groups in total. The average molecular weight is 1150 g/mol. The monoisotopic (exact) mass is 1150 g/mol. The number of allylic oxidation sites excluding steroid dienone is 2. The van der Waals surface area contributed by atoms with Crippen LogP contribution in [0.2, 0.25) is 0 Å². The van der Waals surface area contributed by atoms with Gasteiger partial charge in [0.05, 0.1) is 61.4 Å². The second kappa shape index (κ2) is 28.6. The zero-order chi connectivity index (χ0) is 57.7. The molecule has 458 valence electrons. The van der Waals surface area contributed by atoms with Crippen LogP contribution >= 0.6 is 0 Å². The van der Waals surface area contributed by atoms with Gasteiger partial charge in [-0.3, -0.25) is 0 Å². The van der Waals surface area contributed by atoms with Crippen molar-refractivity contribution in [1.29, 1.82) is 0 Å². The summed E-state index contributed by atoms with van der Waals surface area (Å²) < 4.78 is 64.5. The SMILES string of the molecule is COC1CC(C=CC(=O)OC[C@H]2O[C@@H](OC3CC4C(O[C@@H]5O[C@H](CO)[C@@H](O)[C@H](O)[C@H]5O)CC(O)CC4[OH+]C3C3CCC(O)C(OC)C3)[C@H](O[C@@H]3O[C@H](COC(=O)C=CC4CCC(O)C(O)C4)[C@@H](O)[C@H](O)[C@H]3O)[C@@H](O)[C@@H]2O)CCC1O. The van der Waals surface area contributed by atoms with Gasteiger partial charge < -0.3 is 124 Å². The van der Waals surface area contributed by atoms with E-state index in [0.717, 1.165) is 6.08 Å². The molecule has 27 nitrogen and oxygen atoms in total. The molecule has 8 rings (SSSR count). The number of hydrogen-bond donors (Lipinski definition) is 14. The Morgan fingerprint density at radius 3 is 1.60 bits per heavy atom. The van der Waals surface area contributed by atoms with E-state index in [-0.39, 0.29) is 43.4 Å². The predicted molar refractivity (Wildman–Crippen MR) is 267 cm³/mol. The number of carbonyl (C=O) groups excluding carboxylic acids is 2. The predicted octanol–water partition coefficient (Wildman–Crippen LogP) is -5.29. The number of carbonyl (C=O) groups is 2. The lowest BCUT2D eigenvalue weighted by molar-refractivity contribution is -0.390. The summed E-state index contributed by atoms with van der Waals surface area (Å²) in [6.07, 6.45) is -26.2. The zero-order valence-electron chi connectivity index (χ0n) is 44.8. The van der Waals surface area contributed by atoms with Crippen molar-refractivity contribution < 1.29 is 133 Å². The van der Waals surface area contributed by atoms with Crippen molar-refractivity contribution in [2.75, 3.05) is 34.0 Å². The molecule has 0 radical (unpaired) electrons. The normalized spacial score (nSPS) is 48.6. The van der Waals surface area contributed by atoms with Crippen molar-refractivity contribution in [3.8, 4) is 0 Å². The molecule has 0 bridgehead atoms. The Morgan fingerprint density at radius 1 is 0.487 bits per heavy atom. The van der Waals surface area contributed by atoms with Crippen LogP contribution in [-0.2, 0) is 57.0 Å². The van der Waals surface area contributed by atoms with E-state index in [1.807, 2.05) is 0 Å². The highest BCUT2D eigenvalue weighted by Crippen LogP contribution is 2.45. The van der Waals surface area contributed by atoms with E-state index in [0.29, 0.717) is 51.4 Å². The second-order valence-electron chi connectivity index (χ2n) is 22.9. The van der Waals surface area contributed by atoms with Crippen molar-refractivity contribution in [2.45, 2.75) is 236 Å². The van der Waals surface area contributed by atoms with E-state index in [9.17, 15) is 81.1 Å². The number of ether oxygens (including phenoxy) is 11. The fraction of sp³-hybridized carbons (Fsp3) is 0.887. The molecule has 4 saturated carbocycles. The molecule has 4 heterocycles. The lowest BCUT2D eigenvalue weighted by Crippen LogP contribution is -2.66. The van der Waals surface area contributed by atoms with Gasteiger partial charge in [-0.05, 0) is 76.0 Å². The van der Waals surface area contributed by atoms with Crippen LogP contribution in [0.15, 0.2) is 24.3 Å². The average Bonchev–Trinajstić information content (AvgIpc) is 3.57. The molecule has 30 atom stereocenters. The van der Waals surface area contributed by atoms with Crippen LogP contribution in [0, 0.1) is 23.7 Å². The molecule has 15 unspecified atom stereocenters. The van der Waals surface area contributed by atoms with Crippen molar-refractivity contribution >= 4 is 11.9 Å². The van der Waals surface area contributed by atoms with E-state index < -0.39 is 197 Å². The van der Waals surface area contributed by atoms with Gasteiger partial charge >= 0.3 is 11.9 Å². The van der Waals surface area contributed by atoms with Crippen molar-refractivity contribution in [3.05, 3.63) is 24.3 Å². The number of esters is 2. The summed E-state index contributed by atoms with van der Waals surface area (Å²) in [5.74, 6) is -3.08. The number of aliphatic hydroxyl groups is 16. The van der Waals surface area contributed by atoms with E-state index in [1.165, 1.54) is 26.4 Å². The summed E-state index contributed by atoms with van der Waals surface area (Å²) in [7, 11) is 2.95. The Kier molecular flexibility index (Phi) is 22.7. The number of aliphatic hydroxyl groups excluding tert-OH is 14. The van der Waals surface area contributed by atoms with Crippen molar-refractivity contribution in [3.63, 3.8) is 0 Å². The van der Waals surface area contributed by atoms with Gasteiger partial charge in [0.1, 0.15) is 92.6 Å². The first-order chi connectivity index (χ1) is 38.2. The Hall–Kier alpha value is -2.50. The molecule has 0 aromatic heterocycles. The number of rotatable bonds is 18. The smallest absolute Gasteiger partial charge is 0.330 e. The third-order valence-corrected chi connectivity index (χ3v) is 17.6. The molecule has 0 aromatic carbocycles. The van der Waals surface area contributed by atoms with Crippen LogP contribution < -0.4 is 0 Å². The summed E-state index contributed by atoms with van der Waals surface area (Å²) in [6.45, 7) is -2.06. The van der Waals surface area contributed by atoms with E-state index in [2.05, 4.69) is 0 Å². The zero-order valence-corrected chi connectivity index (χ0v) is 44.8. The summed E-state index contributed by atoms with van der Waals surface area (Å²) in [4.78, 5) is 26.1. The Bertz CT molecular complexity index is 2020. The molecular formula is C53H85O27+. The van der Waals surface area contributed by atoms with Crippen LogP contribution in [0.4, 0.5) is 0 Å². The maximum absolute atomic E-state index is 13.2. The molecule has 0 amide bonds. The highest BCUT2D eigenvalue weighted by molar-refractivity contribution is 5.82. The molecule has 4 aliphatic carbocycles. The van der Waals surface area contributed by atoms with E-state index in [1.54, 1.807) is 6.08 Å².